The van der Waals surface area contributed by atoms with E-state index in [0.29, 0.717) is 5.41 Å². The molecule has 0 aromatic carbocycles. The summed E-state index contributed by atoms with van der Waals surface area (Å²) in [5, 5.41) is 12.9. The molecule has 1 N–H and O–H groups in total. The molecule has 18 heavy (non-hydrogen) atoms. The molecule has 0 bridgehead atoms. The van der Waals surface area contributed by atoms with Crippen molar-refractivity contribution >= 4 is 27.3 Å². The first-order valence-corrected chi connectivity index (χ1v) is 8.72. The lowest BCUT2D eigenvalue weighted by atomic mass is 9.67. The topological polar surface area (TPSA) is 20.2 Å². The minimum atomic E-state index is -0.432. The van der Waals surface area contributed by atoms with Gasteiger partial charge in [0.25, 0.3) is 0 Å². The predicted molar refractivity (Wildman–Crippen MR) is 80.0 cm³/mol. The van der Waals surface area contributed by atoms with Crippen LogP contribution in [0.4, 0.5) is 0 Å². The number of hydrogen-bond donors (Lipinski definition) is 1. The average molecular weight is 329 g/mol. The Hall–Kier alpha value is 0.140. The Balaban J connectivity index is 1.63. The first-order valence-electron chi connectivity index (χ1n) is 7.05. The molecule has 0 saturated heterocycles. The first-order chi connectivity index (χ1) is 8.59. The molecule has 0 aliphatic heterocycles. The van der Waals surface area contributed by atoms with E-state index in [1.807, 2.05) is 0 Å². The van der Waals surface area contributed by atoms with Crippen molar-refractivity contribution in [1.29, 1.82) is 0 Å². The van der Waals surface area contributed by atoms with Crippen molar-refractivity contribution in [2.75, 3.05) is 0 Å². The van der Waals surface area contributed by atoms with Gasteiger partial charge in [-0.05, 0) is 65.9 Å². The molecule has 2 aliphatic rings. The van der Waals surface area contributed by atoms with Crippen LogP contribution in [-0.2, 0) is 6.42 Å². The lowest BCUT2D eigenvalue weighted by Gasteiger charge is -2.42. The van der Waals surface area contributed by atoms with E-state index >= 15 is 0 Å². The maximum absolute atomic E-state index is 10.8. The molecule has 1 spiro atoms. The molecular formula is C15H21BrOS. The largest absolute Gasteiger partial charge is 0.390 e. The van der Waals surface area contributed by atoms with Gasteiger partial charge in [-0.2, -0.15) is 0 Å². The molecule has 100 valence electrons. The van der Waals surface area contributed by atoms with Gasteiger partial charge >= 0.3 is 0 Å². The molecule has 1 aromatic rings. The molecule has 3 heteroatoms. The molecule has 0 radical (unpaired) electrons. The van der Waals surface area contributed by atoms with Crippen LogP contribution in [0.5, 0.6) is 0 Å². The Morgan fingerprint density at radius 2 is 1.78 bits per heavy atom. The third-order valence-electron chi connectivity index (χ3n) is 5.03. The van der Waals surface area contributed by atoms with Crippen LogP contribution in [0.2, 0.25) is 0 Å². The van der Waals surface area contributed by atoms with Crippen molar-refractivity contribution in [2.45, 2.75) is 63.4 Å². The van der Waals surface area contributed by atoms with Gasteiger partial charge in [-0.15, -0.1) is 11.3 Å². The first kappa shape index (κ1) is 13.1. The Bertz CT molecular complexity index is 410. The second-order valence-electron chi connectivity index (χ2n) is 6.34. The smallest absolute Gasteiger partial charge is 0.0696 e. The van der Waals surface area contributed by atoms with Crippen molar-refractivity contribution in [1.82, 2.24) is 0 Å². The van der Waals surface area contributed by atoms with Gasteiger partial charge in [-0.3, -0.25) is 0 Å². The highest BCUT2D eigenvalue weighted by Gasteiger charge is 2.43. The van der Waals surface area contributed by atoms with Gasteiger partial charge in [0.2, 0.25) is 0 Å². The summed E-state index contributed by atoms with van der Waals surface area (Å²) >= 11 is 5.25. The summed E-state index contributed by atoms with van der Waals surface area (Å²) < 4.78 is 1.15. The van der Waals surface area contributed by atoms with E-state index in [-0.39, 0.29) is 0 Å². The number of hydrogen-bond acceptors (Lipinski definition) is 2. The minimum absolute atomic E-state index is 0.432. The van der Waals surface area contributed by atoms with Crippen LogP contribution < -0.4 is 0 Å². The summed E-state index contributed by atoms with van der Waals surface area (Å²) in [5.41, 5.74) is 0.181. The lowest BCUT2D eigenvalue weighted by molar-refractivity contribution is -0.0316. The fourth-order valence-corrected chi connectivity index (χ4v) is 5.41. The molecule has 0 atom stereocenters. The van der Waals surface area contributed by atoms with Gasteiger partial charge in [0.15, 0.2) is 0 Å². The number of rotatable bonds is 2. The molecule has 0 amide bonds. The Morgan fingerprint density at radius 1 is 1.11 bits per heavy atom. The van der Waals surface area contributed by atoms with Crippen LogP contribution in [0.3, 0.4) is 0 Å². The zero-order valence-corrected chi connectivity index (χ0v) is 13.2. The van der Waals surface area contributed by atoms with E-state index in [0.717, 1.165) is 23.7 Å². The Labute approximate surface area is 122 Å². The Kier molecular flexibility index (Phi) is 3.59. The predicted octanol–water partition coefficient (Wildman–Crippen LogP) is 4.92. The van der Waals surface area contributed by atoms with Crippen molar-refractivity contribution in [3.63, 3.8) is 0 Å². The maximum atomic E-state index is 10.8. The molecule has 0 unspecified atom stereocenters. The van der Waals surface area contributed by atoms with Crippen LogP contribution in [-0.4, -0.2) is 10.7 Å². The van der Waals surface area contributed by atoms with Crippen LogP contribution in [0, 0.1) is 5.41 Å². The van der Waals surface area contributed by atoms with Gasteiger partial charge in [0.05, 0.1) is 5.60 Å². The summed E-state index contributed by atoms with van der Waals surface area (Å²) in [7, 11) is 0. The van der Waals surface area contributed by atoms with E-state index < -0.39 is 5.60 Å². The lowest BCUT2D eigenvalue weighted by Crippen LogP contribution is -2.39. The number of thiophene rings is 1. The molecule has 2 fully saturated rings. The van der Waals surface area contributed by atoms with E-state index in [1.165, 1.54) is 43.4 Å². The van der Waals surface area contributed by atoms with Gasteiger partial charge in [0, 0.05) is 21.2 Å². The molecule has 1 aromatic heterocycles. The quantitative estimate of drug-likeness (QED) is 0.817. The van der Waals surface area contributed by atoms with Crippen molar-refractivity contribution in [3.05, 3.63) is 20.8 Å². The molecule has 1 nitrogen and oxygen atoms in total. The summed E-state index contributed by atoms with van der Waals surface area (Å²) in [6, 6.07) is 2.16. The fraction of sp³-hybridized carbons (Fsp3) is 0.733. The second-order valence-corrected chi connectivity index (χ2v) is 8.25. The zero-order valence-electron chi connectivity index (χ0n) is 10.8. The molecule has 2 saturated carbocycles. The fourth-order valence-electron chi connectivity index (χ4n) is 3.82. The molecule has 3 rings (SSSR count). The van der Waals surface area contributed by atoms with Gasteiger partial charge < -0.3 is 5.11 Å². The van der Waals surface area contributed by atoms with E-state index in [2.05, 4.69) is 27.4 Å². The maximum Gasteiger partial charge on any atom is 0.0696 e. The van der Waals surface area contributed by atoms with Gasteiger partial charge in [-0.1, -0.05) is 12.8 Å². The van der Waals surface area contributed by atoms with Gasteiger partial charge in [0.1, 0.15) is 0 Å². The van der Waals surface area contributed by atoms with Gasteiger partial charge in [-0.25, -0.2) is 0 Å². The van der Waals surface area contributed by atoms with Crippen molar-refractivity contribution < 1.29 is 5.11 Å². The standard InChI is InChI=1S/C15H21BrOS/c16-12-9-13(18-11-12)10-15(17)7-5-14(6-8-15)3-1-2-4-14/h9,11,17H,1-8,10H2. The third kappa shape index (κ3) is 2.68. The van der Waals surface area contributed by atoms with E-state index in [9.17, 15) is 5.11 Å². The third-order valence-corrected chi connectivity index (χ3v) is 6.73. The summed E-state index contributed by atoms with van der Waals surface area (Å²) in [6.07, 6.45) is 11.0. The average Bonchev–Trinajstić information content (AvgIpc) is 2.94. The highest BCUT2D eigenvalue weighted by Crippen LogP contribution is 2.51. The number of aliphatic hydroxyl groups is 1. The monoisotopic (exact) mass is 328 g/mol. The summed E-state index contributed by atoms with van der Waals surface area (Å²) in [6.45, 7) is 0. The zero-order chi connectivity index (χ0) is 12.6. The van der Waals surface area contributed by atoms with Crippen LogP contribution >= 0.6 is 27.3 Å². The number of halogens is 1. The van der Waals surface area contributed by atoms with E-state index in [4.69, 9.17) is 0 Å². The second kappa shape index (κ2) is 4.92. The van der Waals surface area contributed by atoms with Crippen molar-refractivity contribution in [3.8, 4) is 0 Å². The molecule has 2 aliphatic carbocycles. The van der Waals surface area contributed by atoms with Crippen molar-refractivity contribution in [2.24, 2.45) is 5.41 Å². The minimum Gasteiger partial charge on any atom is -0.390 e. The highest BCUT2D eigenvalue weighted by atomic mass is 79.9. The highest BCUT2D eigenvalue weighted by molar-refractivity contribution is 9.10. The summed E-state index contributed by atoms with van der Waals surface area (Å²) in [4.78, 5) is 1.31. The Morgan fingerprint density at radius 3 is 2.33 bits per heavy atom. The SMILES string of the molecule is OC1(Cc2cc(Br)cs2)CCC2(CCCC2)CC1. The normalized spacial score (nSPS) is 25.7. The van der Waals surface area contributed by atoms with Crippen LogP contribution in [0.1, 0.15) is 56.2 Å². The van der Waals surface area contributed by atoms with Crippen LogP contribution in [0.25, 0.3) is 0 Å². The molecule has 1 heterocycles. The summed E-state index contributed by atoms with van der Waals surface area (Å²) in [5.74, 6) is 0. The van der Waals surface area contributed by atoms with E-state index in [1.54, 1.807) is 11.3 Å². The molecular weight excluding hydrogens is 308 g/mol. The van der Waals surface area contributed by atoms with Crippen LogP contribution in [0.15, 0.2) is 15.9 Å².